The van der Waals surface area contributed by atoms with Crippen molar-refractivity contribution in [1.29, 1.82) is 0 Å². The predicted octanol–water partition coefficient (Wildman–Crippen LogP) is 1.64. The smallest absolute Gasteiger partial charge is 0.335 e. The summed E-state index contributed by atoms with van der Waals surface area (Å²) in [5.74, 6) is -1.06. The van der Waals surface area contributed by atoms with Gasteiger partial charge in [0.05, 0.1) is 18.3 Å². The minimum absolute atomic E-state index is 0.0707. The van der Waals surface area contributed by atoms with Crippen LogP contribution in [0.1, 0.15) is 34.1 Å². The van der Waals surface area contributed by atoms with Crippen molar-refractivity contribution in [3.63, 3.8) is 0 Å². The van der Waals surface area contributed by atoms with Crippen LogP contribution in [0.2, 0.25) is 0 Å². The Hall–Kier alpha value is -1.88. The highest BCUT2D eigenvalue weighted by Crippen LogP contribution is 2.13. The van der Waals surface area contributed by atoms with Gasteiger partial charge < -0.3 is 14.7 Å². The van der Waals surface area contributed by atoms with Crippen LogP contribution in [-0.2, 0) is 4.74 Å². The molecule has 0 radical (unpaired) electrons. The molecule has 1 aromatic rings. The van der Waals surface area contributed by atoms with E-state index in [0.29, 0.717) is 25.3 Å². The number of carboxylic acids is 1. The number of carbonyl (C=O) groups is 2. The first-order valence-corrected chi connectivity index (χ1v) is 6.36. The number of ether oxygens (including phenoxy) is 1. The minimum Gasteiger partial charge on any atom is -0.478 e. The van der Waals surface area contributed by atoms with Gasteiger partial charge in [-0.1, -0.05) is 6.92 Å². The van der Waals surface area contributed by atoms with Crippen molar-refractivity contribution in [1.82, 2.24) is 4.90 Å². The highest BCUT2D eigenvalue weighted by molar-refractivity contribution is 5.96. The van der Waals surface area contributed by atoms with Crippen molar-refractivity contribution in [2.45, 2.75) is 19.4 Å². The third kappa shape index (κ3) is 3.12. The highest BCUT2D eigenvalue weighted by atomic mass is 16.5. The van der Waals surface area contributed by atoms with Gasteiger partial charge >= 0.3 is 5.97 Å². The molecule has 1 atom stereocenters. The summed E-state index contributed by atoms with van der Waals surface area (Å²) in [5.41, 5.74) is 0.701. The summed E-state index contributed by atoms with van der Waals surface area (Å²) in [7, 11) is 0. The van der Waals surface area contributed by atoms with Crippen molar-refractivity contribution < 1.29 is 19.4 Å². The van der Waals surface area contributed by atoms with Crippen molar-refractivity contribution in [2.24, 2.45) is 0 Å². The maximum Gasteiger partial charge on any atom is 0.335 e. The van der Waals surface area contributed by atoms with Crippen molar-refractivity contribution in [3.05, 3.63) is 35.4 Å². The van der Waals surface area contributed by atoms with Crippen LogP contribution in [0.15, 0.2) is 24.3 Å². The number of hydrogen-bond donors (Lipinski definition) is 1. The molecule has 1 aromatic carbocycles. The van der Waals surface area contributed by atoms with Gasteiger partial charge in [-0.3, -0.25) is 4.79 Å². The molecule has 5 heteroatoms. The lowest BCUT2D eigenvalue weighted by molar-refractivity contribution is -0.0226. The maximum atomic E-state index is 12.3. The van der Waals surface area contributed by atoms with Gasteiger partial charge in [0.1, 0.15) is 0 Å². The van der Waals surface area contributed by atoms with E-state index in [9.17, 15) is 9.59 Å². The van der Waals surface area contributed by atoms with E-state index < -0.39 is 5.97 Å². The summed E-state index contributed by atoms with van der Waals surface area (Å²) >= 11 is 0. The molecule has 0 aromatic heterocycles. The zero-order valence-electron chi connectivity index (χ0n) is 10.8. The van der Waals surface area contributed by atoms with Gasteiger partial charge in [-0.05, 0) is 30.7 Å². The molecule has 1 N–H and O–H groups in total. The van der Waals surface area contributed by atoms with E-state index in [-0.39, 0.29) is 17.6 Å². The summed E-state index contributed by atoms with van der Waals surface area (Å²) in [6.45, 7) is 3.75. The number of hydrogen-bond acceptors (Lipinski definition) is 3. The lowest BCUT2D eigenvalue weighted by atomic mass is 10.1. The van der Waals surface area contributed by atoms with E-state index in [1.54, 1.807) is 17.0 Å². The number of amides is 1. The van der Waals surface area contributed by atoms with E-state index in [4.69, 9.17) is 9.84 Å². The SMILES string of the molecule is CCC1CN(C(=O)c2ccc(C(=O)O)cc2)CCO1. The average molecular weight is 263 g/mol. The van der Waals surface area contributed by atoms with Crippen molar-refractivity contribution in [2.75, 3.05) is 19.7 Å². The third-order valence-corrected chi connectivity index (χ3v) is 3.26. The van der Waals surface area contributed by atoms with Crippen LogP contribution in [0.4, 0.5) is 0 Å². The molecule has 1 unspecified atom stereocenters. The highest BCUT2D eigenvalue weighted by Gasteiger charge is 2.23. The zero-order chi connectivity index (χ0) is 13.8. The van der Waals surface area contributed by atoms with E-state index in [0.717, 1.165) is 6.42 Å². The van der Waals surface area contributed by atoms with E-state index >= 15 is 0 Å². The van der Waals surface area contributed by atoms with Gasteiger partial charge in [0, 0.05) is 18.7 Å². The van der Waals surface area contributed by atoms with Gasteiger partial charge in [-0.25, -0.2) is 4.79 Å². The van der Waals surface area contributed by atoms with Crippen molar-refractivity contribution >= 4 is 11.9 Å². The van der Waals surface area contributed by atoms with Crippen LogP contribution in [0.5, 0.6) is 0 Å². The summed E-state index contributed by atoms with van der Waals surface area (Å²) in [6, 6.07) is 6.02. The summed E-state index contributed by atoms with van der Waals surface area (Å²) in [4.78, 5) is 24.8. The van der Waals surface area contributed by atoms with Gasteiger partial charge in [-0.15, -0.1) is 0 Å². The molecule has 1 fully saturated rings. The lowest BCUT2D eigenvalue weighted by Crippen LogP contribution is -2.45. The van der Waals surface area contributed by atoms with Crippen LogP contribution in [0.25, 0.3) is 0 Å². The molecule has 2 rings (SSSR count). The molecule has 0 saturated carbocycles. The number of benzene rings is 1. The zero-order valence-corrected chi connectivity index (χ0v) is 10.8. The van der Waals surface area contributed by atoms with Crippen LogP contribution in [0, 0.1) is 0 Å². The molecule has 19 heavy (non-hydrogen) atoms. The monoisotopic (exact) mass is 263 g/mol. The number of carboxylic acid groups (broad SMARTS) is 1. The molecule has 1 heterocycles. The number of nitrogens with zero attached hydrogens (tertiary/aromatic N) is 1. The number of morpholine rings is 1. The fourth-order valence-electron chi connectivity index (χ4n) is 2.09. The molecule has 5 nitrogen and oxygen atoms in total. The molecule has 1 amide bonds. The third-order valence-electron chi connectivity index (χ3n) is 3.26. The maximum absolute atomic E-state index is 12.3. The first-order chi connectivity index (χ1) is 9.11. The van der Waals surface area contributed by atoms with Crippen LogP contribution < -0.4 is 0 Å². The van der Waals surface area contributed by atoms with E-state index in [2.05, 4.69) is 0 Å². The molecule has 1 saturated heterocycles. The molecule has 1 aliphatic rings. The largest absolute Gasteiger partial charge is 0.478 e. The normalized spacial score (nSPS) is 19.2. The van der Waals surface area contributed by atoms with Crippen LogP contribution >= 0.6 is 0 Å². The fourth-order valence-corrected chi connectivity index (χ4v) is 2.09. The first kappa shape index (κ1) is 13.5. The number of carbonyl (C=O) groups excluding carboxylic acids is 1. The quantitative estimate of drug-likeness (QED) is 0.900. The average Bonchev–Trinajstić information content (AvgIpc) is 2.46. The standard InChI is InChI=1S/C14H17NO4/c1-2-12-9-15(7-8-19-12)13(16)10-3-5-11(6-4-10)14(17)18/h3-6,12H,2,7-9H2,1H3,(H,17,18). The first-order valence-electron chi connectivity index (χ1n) is 6.36. The summed E-state index contributed by atoms with van der Waals surface area (Å²) < 4.78 is 5.52. The molecular weight excluding hydrogens is 246 g/mol. The second kappa shape index (κ2) is 5.84. The van der Waals surface area contributed by atoms with Crippen LogP contribution in [-0.4, -0.2) is 47.7 Å². The van der Waals surface area contributed by atoms with Gasteiger partial charge in [0.25, 0.3) is 5.91 Å². The second-order valence-corrected chi connectivity index (χ2v) is 4.53. The Kier molecular flexibility index (Phi) is 4.16. The lowest BCUT2D eigenvalue weighted by Gasteiger charge is -2.32. The Balaban J connectivity index is 2.08. The Bertz CT molecular complexity index is 469. The fraction of sp³-hybridized carbons (Fsp3) is 0.429. The topological polar surface area (TPSA) is 66.8 Å². The minimum atomic E-state index is -0.989. The molecule has 0 bridgehead atoms. The Morgan fingerprint density at radius 2 is 1.95 bits per heavy atom. The second-order valence-electron chi connectivity index (χ2n) is 4.53. The number of rotatable bonds is 3. The van der Waals surface area contributed by atoms with Gasteiger partial charge in [-0.2, -0.15) is 0 Å². The van der Waals surface area contributed by atoms with E-state index in [1.165, 1.54) is 12.1 Å². The summed E-state index contributed by atoms with van der Waals surface area (Å²) in [5, 5.41) is 8.82. The van der Waals surface area contributed by atoms with Gasteiger partial charge in [0.2, 0.25) is 0 Å². The molecule has 1 aliphatic heterocycles. The molecular formula is C14H17NO4. The predicted molar refractivity (Wildman–Crippen MR) is 69.3 cm³/mol. The van der Waals surface area contributed by atoms with Crippen LogP contribution in [0.3, 0.4) is 0 Å². The Labute approximate surface area is 111 Å². The summed E-state index contributed by atoms with van der Waals surface area (Å²) in [6.07, 6.45) is 0.970. The Morgan fingerprint density at radius 1 is 1.32 bits per heavy atom. The van der Waals surface area contributed by atoms with E-state index in [1.807, 2.05) is 6.92 Å². The van der Waals surface area contributed by atoms with Gasteiger partial charge in [0.15, 0.2) is 0 Å². The molecule has 0 spiro atoms. The van der Waals surface area contributed by atoms with Crippen molar-refractivity contribution in [3.8, 4) is 0 Å². The Morgan fingerprint density at radius 3 is 2.53 bits per heavy atom. The molecule has 102 valence electrons. The number of aromatic carboxylic acids is 1. The molecule has 0 aliphatic carbocycles.